The molecule has 1 amide bonds. The third-order valence-corrected chi connectivity index (χ3v) is 3.57. The second-order valence-electron chi connectivity index (χ2n) is 5.29. The van der Waals surface area contributed by atoms with E-state index in [1.807, 2.05) is 6.92 Å². The molecule has 0 saturated carbocycles. The number of benzene rings is 1. The van der Waals surface area contributed by atoms with Gasteiger partial charge in [0.2, 0.25) is 5.91 Å². The predicted octanol–water partition coefficient (Wildman–Crippen LogP) is 1.24. The molecule has 6 heteroatoms. The molecule has 1 fully saturated rings. The van der Waals surface area contributed by atoms with Crippen LogP contribution in [0.15, 0.2) is 24.3 Å². The Hall–Kier alpha value is -1.50. The lowest BCUT2D eigenvalue weighted by atomic mass is 10.2. The Kier molecular flexibility index (Phi) is 5.67. The predicted molar refractivity (Wildman–Crippen MR) is 77.5 cm³/mol. The molecular formula is C15H21FN2O3. The number of ether oxygens (including phenoxy) is 1. The minimum atomic E-state index is -0.375. The van der Waals surface area contributed by atoms with E-state index >= 15 is 0 Å². The smallest absolute Gasteiger partial charge is 0.225 e. The number of hydrogen-bond donors (Lipinski definition) is 2. The van der Waals surface area contributed by atoms with Gasteiger partial charge in [-0.05, 0) is 25.1 Å². The van der Waals surface area contributed by atoms with Gasteiger partial charge in [-0.25, -0.2) is 4.39 Å². The summed E-state index contributed by atoms with van der Waals surface area (Å²) in [7, 11) is 0. The molecule has 0 unspecified atom stereocenters. The Morgan fingerprint density at radius 1 is 1.57 bits per heavy atom. The van der Waals surface area contributed by atoms with Gasteiger partial charge >= 0.3 is 0 Å². The molecule has 1 heterocycles. The van der Waals surface area contributed by atoms with E-state index in [-0.39, 0.29) is 30.5 Å². The van der Waals surface area contributed by atoms with Crippen molar-refractivity contribution in [3.05, 3.63) is 30.1 Å². The standard InChI is InChI=1S/C15H21FN2O3/c1-11-10-21-14(9-19)8-18(11)6-5-15(20)17-13-4-2-3-12(16)7-13/h2-4,7,11,14,19H,5-6,8-10H2,1H3,(H,17,20)/t11-,14+/m0/s1. The highest BCUT2D eigenvalue weighted by Crippen LogP contribution is 2.13. The summed E-state index contributed by atoms with van der Waals surface area (Å²) >= 11 is 0. The number of nitrogens with one attached hydrogen (secondary N) is 1. The van der Waals surface area contributed by atoms with E-state index in [4.69, 9.17) is 9.84 Å². The van der Waals surface area contributed by atoms with Gasteiger partial charge in [-0.1, -0.05) is 6.07 Å². The van der Waals surface area contributed by atoms with Crippen LogP contribution in [-0.2, 0) is 9.53 Å². The molecule has 0 aromatic heterocycles. The monoisotopic (exact) mass is 296 g/mol. The highest BCUT2D eigenvalue weighted by atomic mass is 19.1. The topological polar surface area (TPSA) is 61.8 Å². The Morgan fingerprint density at radius 3 is 3.10 bits per heavy atom. The lowest BCUT2D eigenvalue weighted by molar-refractivity contribution is -0.118. The fraction of sp³-hybridized carbons (Fsp3) is 0.533. The van der Waals surface area contributed by atoms with Gasteiger partial charge in [-0.2, -0.15) is 0 Å². The van der Waals surface area contributed by atoms with Crippen LogP contribution in [0.25, 0.3) is 0 Å². The number of morpholine rings is 1. The van der Waals surface area contributed by atoms with Crippen LogP contribution >= 0.6 is 0 Å². The highest BCUT2D eigenvalue weighted by Gasteiger charge is 2.25. The van der Waals surface area contributed by atoms with Crippen molar-refractivity contribution in [2.24, 2.45) is 0 Å². The largest absolute Gasteiger partial charge is 0.394 e. The number of amides is 1. The maximum Gasteiger partial charge on any atom is 0.225 e. The Morgan fingerprint density at radius 2 is 2.38 bits per heavy atom. The van der Waals surface area contributed by atoms with Crippen LogP contribution in [0, 0.1) is 5.82 Å². The third-order valence-electron chi connectivity index (χ3n) is 3.57. The van der Waals surface area contributed by atoms with Crippen molar-refractivity contribution < 1.29 is 19.0 Å². The van der Waals surface area contributed by atoms with Gasteiger partial charge in [0.05, 0.1) is 19.3 Å². The number of carbonyl (C=O) groups is 1. The first-order chi connectivity index (χ1) is 10.1. The second kappa shape index (κ2) is 7.49. The van der Waals surface area contributed by atoms with Crippen LogP contribution in [0.3, 0.4) is 0 Å². The lowest BCUT2D eigenvalue weighted by Crippen LogP contribution is -2.50. The molecular weight excluding hydrogens is 275 g/mol. The van der Waals surface area contributed by atoms with Crippen LogP contribution in [0.2, 0.25) is 0 Å². The van der Waals surface area contributed by atoms with Gasteiger partial charge in [-0.3, -0.25) is 9.69 Å². The van der Waals surface area contributed by atoms with Crippen molar-refractivity contribution in [3.63, 3.8) is 0 Å². The average molecular weight is 296 g/mol. The van der Waals surface area contributed by atoms with Gasteiger partial charge in [-0.15, -0.1) is 0 Å². The molecule has 5 nitrogen and oxygen atoms in total. The first-order valence-corrected chi connectivity index (χ1v) is 7.10. The quantitative estimate of drug-likeness (QED) is 0.858. The molecule has 21 heavy (non-hydrogen) atoms. The molecule has 2 atom stereocenters. The van der Waals surface area contributed by atoms with Crippen molar-refractivity contribution >= 4 is 11.6 Å². The first-order valence-electron chi connectivity index (χ1n) is 7.10. The van der Waals surface area contributed by atoms with Crippen molar-refractivity contribution in [2.75, 3.05) is 31.6 Å². The summed E-state index contributed by atoms with van der Waals surface area (Å²) in [5.41, 5.74) is 0.461. The van der Waals surface area contributed by atoms with Crippen LogP contribution < -0.4 is 5.32 Å². The number of anilines is 1. The number of carbonyl (C=O) groups excluding carboxylic acids is 1. The molecule has 1 aliphatic rings. The van der Waals surface area contributed by atoms with Crippen LogP contribution in [0.4, 0.5) is 10.1 Å². The minimum Gasteiger partial charge on any atom is -0.394 e. The first kappa shape index (κ1) is 15.9. The van der Waals surface area contributed by atoms with E-state index in [0.717, 1.165) is 0 Å². The molecule has 1 aromatic rings. The van der Waals surface area contributed by atoms with E-state index in [9.17, 15) is 9.18 Å². The number of aliphatic hydroxyl groups excluding tert-OH is 1. The van der Waals surface area contributed by atoms with E-state index in [0.29, 0.717) is 31.8 Å². The second-order valence-corrected chi connectivity index (χ2v) is 5.29. The van der Waals surface area contributed by atoms with Crippen LogP contribution in [0.5, 0.6) is 0 Å². The SMILES string of the molecule is C[C@H]1CO[C@@H](CO)CN1CCC(=O)Nc1cccc(F)c1. The number of nitrogens with zero attached hydrogens (tertiary/aromatic N) is 1. The Labute approximate surface area is 123 Å². The van der Waals surface area contributed by atoms with Gasteiger partial charge in [0.1, 0.15) is 5.82 Å². The summed E-state index contributed by atoms with van der Waals surface area (Å²) in [6.45, 7) is 3.76. The average Bonchev–Trinajstić information content (AvgIpc) is 2.46. The zero-order valence-electron chi connectivity index (χ0n) is 12.1. The van der Waals surface area contributed by atoms with Crippen molar-refractivity contribution in [1.82, 2.24) is 4.90 Å². The van der Waals surface area contributed by atoms with Gasteiger partial charge in [0, 0.05) is 31.2 Å². The van der Waals surface area contributed by atoms with E-state index in [2.05, 4.69) is 10.2 Å². The summed E-state index contributed by atoms with van der Waals surface area (Å²) in [5, 5.41) is 11.8. The number of hydrogen-bond acceptors (Lipinski definition) is 4. The summed E-state index contributed by atoms with van der Waals surface area (Å²) in [6.07, 6.45) is 0.131. The summed E-state index contributed by atoms with van der Waals surface area (Å²) in [5.74, 6) is -0.528. The van der Waals surface area contributed by atoms with E-state index in [1.54, 1.807) is 12.1 Å². The maximum atomic E-state index is 13.0. The fourth-order valence-corrected chi connectivity index (χ4v) is 2.33. The number of halogens is 1. The van der Waals surface area contributed by atoms with Crippen LogP contribution in [-0.4, -0.2) is 54.4 Å². The molecule has 0 aliphatic carbocycles. The fourth-order valence-electron chi connectivity index (χ4n) is 2.33. The molecule has 1 aromatic carbocycles. The number of rotatable bonds is 5. The molecule has 116 valence electrons. The molecule has 1 aliphatic heterocycles. The highest BCUT2D eigenvalue weighted by molar-refractivity contribution is 5.90. The normalized spacial score (nSPS) is 23.0. The maximum absolute atomic E-state index is 13.0. The van der Waals surface area contributed by atoms with Crippen LogP contribution in [0.1, 0.15) is 13.3 Å². The zero-order chi connectivity index (χ0) is 15.2. The molecule has 2 N–H and O–H groups in total. The molecule has 1 saturated heterocycles. The zero-order valence-corrected chi connectivity index (χ0v) is 12.1. The van der Waals surface area contributed by atoms with Crippen molar-refractivity contribution in [1.29, 1.82) is 0 Å². The summed E-state index contributed by atoms with van der Waals surface area (Å²) in [6, 6.07) is 6.05. The Balaban J connectivity index is 1.80. The van der Waals surface area contributed by atoms with Gasteiger partial charge in [0.25, 0.3) is 0 Å². The summed E-state index contributed by atoms with van der Waals surface area (Å²) < 4.78 is 18.5. The lowest BCUT2D eigenvalue weighted by Gasteiger charge is -2.37. The molecule has 0 spiro atoms. The Bertz CT molecular complexity index is 484. The van der Waals surface area contributed by atoms with Gasteiger partial charge < -0.3 is 15.2 Å². The van der Waals surface area contributed by atoms with Crippen molar-refractivity contribution in [3.8, 4) is 0 Å². The van der Waals surface area contributed by atoms with Crippen molar-refractivity contribution in [2.45, 2.75) is 25.5 Å². The summed E-state index contributed by atoms with van der Waals surface area (Å²) in [4.78, 5) is 14.0. The number of aliphatic hydroxyl groups is 1. The minimum absolute atomic E-state index is 0.0152. The van der Waals surface area contributed by atoms with E-state index in [1.165, 1.54) is 12.1 Å². The van der Waals surface area contributed by atoms with Gasteiger partial charge in [0.15, 0.2) is 0 Å². The van der Waals surface area contributed by atoms with E-state index < -0.39 is 0 Å². The molecule has 0 radical (unpaired) electrons. The molecule has 0 bridgehead atoms. The molecule has 2 rings (SSSR count). The third kappa shape index (κ3) is 4.77.